The highest BCUT2D eigenvalue weighted by Crippen LogP contribution is 2.39. The van der Waals surface area contributed by atoms with Gasteiger partial charge in [0.1, 0.15) is 0 Å². The number of hydrogen-bond donors (Lipinski definition) is 4. The van der Waals surface area contributed by atoms with E-state index in [1.807, 2.05) is 13.0 Å². The van der Waals surface area contributed by atoms with Crippen LogP contribution in [0, 0.1) is 0 Å². The Morgan fingerprint density at radius 2 is 1.92 bits per heavy atom. The lowest BCUT2D eigenvalue weighted by Crippen LogP contribution is -2.47. The van der Waals surface area contributed by atoms with E-state index in [-0.39, 0.29) is 11.6 Å². The zero-order valence-electron chi connectivity index (χ0n) is 21.6. The Morgan fingerprint density at radius 1 is 1.18 bits per heavy atom. The van der Waals surface area contributed by atoms with Gasteiger partial charge < -0.3 is 25.6 Å². The number of aromatic nitrogens is 1. The molecule has 212 valence electrons. The van der Waals surface area contributed by atoms with Gasteiger partial charge in [-0.1, -0.05) is 6.07 Å². The van der Waals surface area contributed by atoms with Crippen LogP contribution in [0.2, 0.25) is 0 Å². The number of rotatable bonds is 8. The van der Waals surface area contributed by atoms with Crippen molar-refractivity contribution in [1.82, 2.24) is 20.5 Å². The number of hydrogen-bond acceptors (Lipinski definition) is 7. The molecule has 0 bridgehead atoms. The minimum Gasteiger partial charge on any atom is -0.478 e. The van der Waals surface area contributed by atoms with E-state index >= 15 is 0 Å². The third-order valence-corrected chi connectivity index (χ3v) is 7.39. The highest BCUT2D eigenvalue weighted by atomic mass is 19.4. The number of carbonyl (C=O) groups is 2. The van der Waals surface area contributed by atoms with Gasteiger partial charge in [0.15, 0.2) is 0 Å². The van der Waals surface area contributed by atoms with Crippen molar-refractivity contribution in [2.24, 2.45) is 0 Å². The first-order valence-electron chi connectivity index (χ1n) is 13.0. The van der Waals surface area contributed by atoms with Crippen LogP contribution in [-0.4, -0.2) is 76.3 Å². The minimum atomic E-state index is -4.58. The van der Waals surface area contributed by atoms with Crippen LogP contribution < -0.4 is 15.4 Å². The maximum atomic E-state index is 12.9. The topological polar surface area (TPSA) is 124 Å². The molecule has 12 heteroatoms. The van der Waals surface area contributed by atoms with Crippen LogP contribution >= 0.6 is 0 Å². The van der Waals surface area contributed by atoms with Crippen molar-refractivity contribution in [3.63, 3.8) is 0 Å². The number of β-amino-alcohol motifs (C(OH)–C–C–N with tert-alkyl or cyclic N) is 1. The molecule has 2 heterocycles. The standard InChI is InChI=1S/C27H33F3N4O5/c1-2-39-24-7-6-19(13-31-24)26(38)10-8-20(9-11-26)34-15-21(22(35)16-34)33-23(36)14-32-25(37)17-4-3-5-18(12-17)27(28,29)30/h3-7,12-13,20-22,35,38H,2,8-11,14-16H2,1H3,(H,32,37)(H,33,36)/t20?,21-,22-,26?/m0/s1. The molecule has 2 aromatic rings. The number of carbonyl (C=O) groups excluding carboxylic acids is 2. The number of pyridine rings is 1. The third-order valence-electron chi connectivity index (χ3n) is 7.39. The number of aliphatic hydroxyl groups is 2. The van der Waals surface area contributed by atoms with Crippen molar-refractivity contribution >= 4 is 11.8 Å². The van der Waals surface area contributed by atoms with Crippen molar-refractivity contribution in [3.8, 4) is 5.88 Å². The van der Waals surface area contributed by atoms with Gasteiger partial charge in [0.25, 0.3) is 5.91 Å². The largest absolute Gasteiger partial charge is 0.478 e. The predicted octanol–water partition coefficient (Wildman–Crippen LogP) is 2.22. The highest BCUT2D eigenvalue weighted by molar-refractivity contribution is 5.96. The van der Waals surface area contributed by atoms with Crippen LogP contribution in [0.15, 0.2) is 42.6 Å². The Labute approximate surface area is 224 Å². The molecule has 9 nitrogen and oxygen atoms in total. The molecule has 39 heavy (non-hydrogen) atoms. The van der Waals surface area contributed by atoms with Gasteiger partial charge in [-0.3, -0.25) is 14.5 Å². The molecule has 1 aliphatic heterocycles. The predicted molar refractivity (Wildman–Crippen MR) is 135 cm³/mol. The Balaban J connectivity index is 1.24. The second-order valence-electron chi connectivity index (χ2n) is 10.0. The average Bonchev–Trinajstić information content (AvgIpc) is 3.27. The second kappa shape index (κ2) is 11.9. The molecule has 2 aliphatic rings. The molecular formula is C27H33F3N4O5. The van der Waals surface area contributed by atoms with Crippen molar-refractivity contribution < 1.29 is 37.7 Å². The molecule has 0 radical (unpaired) electrons. The fraction of sp³-hybridized carbons (Fsp3) is 0.519. The van der Waals surface area contributed by atoms with E-state index in [4.69, 9.17) is 4.74 Å². The summed E-state index contributed by atoms with van der Waals surface area (Å²) in [5, 5.41) is 26.7. The van der Waals surface area contributed by atoms with Crippen LogP contribution in [0.1, 0.15) is 54.1 Å². The third kappa shape index (κ3) is 7.06. The Bertz CT molecular complexity index is 1150. The lowest BCUT2D eigenvalue weighted by atomic mass is 9.78. The van der Waals surface area contributed by atoms with E-state index in [2.05, 4.69) is 20.5 Å². The van der Waals surface area contributed by atoms with Crippen molar-refractivity contribution in [2.75, 3.05) is 26.2 Å². The molecule has 0 spiro atoms. The van der Waals surface area contributed by atoms with E-state index in [9.17, 15) is 33.0 Å². The normalized spacial score (nSPS) is 25.7. The van der Waals surface area contributed by atoms with Gasteiger partial charge in [0.05, 0.1) is 36.5 Å². The number of benzene rings is 1. The zero-order valence-corrected chi connectivity index (χ0v) is 21.6. The number of halogens is 3. The lowest BCUT2D eigenvalue weighted by Gasteiger charge is -2.39. The maximum Gasteiger partial charge on any atom is 0.416 e. The number of amides is 2. The van der Waals surface area contributed by atoms with Gasteiger partial charge in [-0.25, -0.2) is 4.98 Å². The molecule has 2 atom stereocenters. The van der Waals surface area contributed by atoms with Gasteiger partial charge in [-0.2, -0.15) is 13.2 Å². The number of nitrogens with zero attached hydrogens (tertiary/aromatic N) is 2. The van der Waals surface area contributed by atoms with Crippen LogP contribution in [0.5, 0.6) is 5.88 Å². The molecule has 1 aromatic heterocycles. The second-order valence-corrected chi connectivity index (χ2v) is 10.0. The summed E-state index contributed by atoms with van der Waals surface area (Å²) in [6, 6.07) is 7.09. The number of likely N-dealkylation sites (tertiary alicyclic amines) is 1. The van der Waals surface area contributed by atoms with E-state index in [0.717, 1.165) is 23.8 Å². The summed E-state index contributed by atoms with van der Waals surface area (Å²) in [7, 11) is 0. The smallest absolute Gasteiger partial charge is 0.416 e. The summed E-state index contributed by atoms with van der Waals surface area (Å²) in [5.74, 6) is -0.850. The van der Waals surface area contributed by atoms with Crippen LogP contribution in [-0.2, 0) is 16.6 Å². The van der Waals surface area contributed by atoms with Crippen molar-refractivity contribution in [3.05, 3.63) is 59.3 Å². The summed E-state index contributed by atoms with van der Waals surface area (Å²) in [4.78, 5) is 31.0. The monoisotopic (exact) mass is 550 g/mol. The Kier molecular flexibility index (Phi) is 8.77. The summed E-state index contributed by atoms with van der Waals surface area (Å²) in [5.41, 5.74) is -1.41. The highest BCUT2D eigenvalue weighted by Gasteiger charge is 2.41. The molecule has 2 fully saturated rings. The Morgan fingerprint density at radius 3 is 2.56 bits per heavy atom. The quantitative estimate of drug-likeness (QED) is 0.398. The maximum absolute atomic E-state index is 12.9. The number of aliphatic hydroxyl groups excluding tert-OH is 1. The summed E-state index contributed by atoms with van der Waals surface area (Å²) < 4.78 is 44.0. The number of nitrogens with one attached hydrogen (secondary N) is 2. The van der Waals surface area contributed by atoms with Crippen molar-refractivity contribution in [1.29, 1.82) is 0 Å². The van der Waals surface area contributed by atoms with Gasteiger partial charge in [-0.15, -0.1) is 0 Å². The van der Waals surface area contributed by atoms with Gasteiger partial charge >= 0.3 is 6.18 Å². The molecule has 1 saturated carbocycles. The fourth-order valence-electron chi connectivity index (χ4n) is 5.24. The first-order chi connectivity index (χ1) is 18.5. The summed E-state index contributed by atoms with van der Waals surface area (Å²) >= 11 is 0. The summed E-state index contributed by atoms with van der Waals surface area (Å²) in [6.45, 7) is 2.70. The Hall–Kier alpha value is -3.22. The molecule has 4 rings (SSSR count). The minimum absolute atomic E-state index is 0.123. The molecule has 1 saturated heterocycles. The van der Waals surface area contributed by atoms with Gasteiger partial charge in [0, 0.05) is 42.5 Å². The zero-order chi connectivity index (χ0) is 28.2. The van der Waals surface area contributed by atoms with Crippen molar-refractivity contribution in [2.45, 2.75) is 62.6 Å². The first kappa shape index (κ1) is 28.8. The molecule has 1 aromatic carbocycles. The van der Waals surface area contributed by atoms with Crippen LogP contribution in [0.4, 0.5) is 13.2 Å². The average molecular weight is 551 g/mol. The molecule has 1 aliphatic carbocycles. The van der Waals surface area contributed by atoms with Crippen LogP contribution in [0.25, 0.3) is 0 Å². The van der Waals surface area contributed by atoms with E-state index < -0.39 is 47.8 Å². The molecule has 2 amide bonds. The summed E-state index contributed by atoms with van der Waals surface area (Å²) in [6.07, 6.45) is -1.31. The van der Waals surface area contributed by atoms with E-state index in [1.54, 1.807) is 12.3 Å². The first-order valence-corrected chi connectivity index (χ1v) is 13.0. The molecule has 4 N–H and O–H groups in total. The van der Waals surface area contributed by atoms with E-state index in [1.165, 1.54) is 6.07 Å². The molecule has 0 unspecified atom stereocenters. The van der Waals surface area contributed by atoms with E-state index in [0.29, 0.717) is 51.3 Å². The SMILES string of the molecule is CCOc1ccc(C2(O)CCC(N3C[C@H](NC(=O)CNC(=O)c4cccc(C(F)(F)F)c4)[C@@H](O)C3)CC2)cn1. The van der Waals surface area contributed by atoms with Gasteiger partial charge in [-0.05, 0) is 56.9 Å². The van der Waals surface area contributed by atoms with Gasteiger partial charge in [0.2, 0.25) is 11.8 Å². The number of ether oxygens (including phenoxy) is 1. The fourth-order valence-corrected chi connectivity index (χ4v) is 5.24. The lowest BCUT2D eigenvalue weighted by molar-refractivity contribution is -0.137. The van der Waals surface area contributed by atoms with Crippen LogP contribution in [0.3, 0.4) is 0 Å². The number of alkyl halides is 3. The molecular weight excluding hydrogens is 517 g/mol.